The minimum Gasteiger partial charge on any atom is -0.487 e. The molecule has 0 aliphatic rings. The van der Waals surface area contributed by atoms with Gasteiger partial charge in [0.15, 0.2) is 11.5 Å². The van der Waals surface area contributed by atoms with E-state index >= 15 is 0 Å². The first kappa shape index (κ1) is 13.4. The highest BCUT2D eigenvalue weighted by Crippen LogP contribution is 2.33. The number of benzene rings is 1. The minimum absolute atomic E-state index is 0.0965. The largest absolute Gasteiger partial charge is 0.573 e. The van der Waals surface area contributed by atoms with Gasteiger partial charge in [-0.3, -0.25) is 0 Å². The van der Waals surface area contributed by atoms with Crippen LogP contribution >= 0.6 is 22.6 Å². The Balaban J connectivity index is 2.98. The predicted octanol–water partition coefficient (Wildman–Crippen LogP) is 3.98. The molecule has 0 saturated carbocycles. The van der Waals surface area contributed by atoms with Crippen LogP contribution in [0.2, 0.25) is 0 Å². The summed E-state index contributed by atoms with van der Waals surface area (Å²) in [5.41, 5.74) is 0. The lowest BCUT2D eigenvalue weighted by molar-refractivity contribution is -0.275. The second-order valence-corrected chi connectivity index (χ2v) is 4.55. The molecule has 0 heterocycles. The molecule has 0 saturated heterocycles. The zero-order valence-electron chi connectivity index (χ0n) is 8.64. The normalized spacial score (nSPS) is 11.7. The lowest BCUT2D eigenvalue weighted by Gasteiger charge is -2.16. The van der Waals surface area contributed by atoms with Crippen LogP contribution in [-0.4, -0.2) is 12.5 Å². The van der Waals surface area contributed by atoms with Crippen molar-refractivity contribution < 1.29 is 22.6 Å². The highest BCUT2D eigenvalue weighted by Gasteiger charge is 2.32. The predicted molar refractivity (Wildman–Crippen MR) is 61.6 cm³/mol. The molecule has 0 N–H and O–H groups in total. The van der Waals surface area contributed by atoms with E-state index < -0.39 is 6.36 Å². The number of alkyl halides is 3. The second kappa shape index (κ2) is 5.11. The summed E-state index contributed by atoms with van der Waals surface area (Å²) < 4.78 is 46.1. The van der Waals surface area contributed by atoms with E-state index in [4.69, 9.17) is 4.74 Å². The Morgan fingerprint density at radius 2 is 1.81 bits per heavy atom. The van der Waals surface area contributed by atoms with Crippen molar-refractivity contribution in [2.45, 2.75) is 26.3 Å². The summed E-state index contributed by atoms with van der Waals surface area (Å²) in [6.45, 7) is 3.47. The van der Waals surface area contributed by atoms with Gasteiger partial charge in [0, 0.05) is 3.57 Å². The first-order chi connectivity index (χ1) is 7.28. The van der Waals surface area contributed by atoms with Gasteiger partial charge in [-0.25, -0.2) is 0 Å². The van der Waals surface area contributed by atoms with Gasteiger partial charge in [-0.1, -0.05) is 0 Å². The van der Waals surface area contributed by atoms with Gasteiger partial charge in [0.05, 0.1) is 6.10 Å². The van der Waals surface area contributed by atoms with Gasteiger partial charge in [0.1, 0.15) is 0 Å². The van der Waals surface area contributed by atoms with E-state index in [1.807, 2.05) is 22.6 Å². The molecule has 0 bridgehead atoms. The smallest absolute Gasteiger partial charge is 0.487 e. The van der Waals surface area contributed by atoms with E-state index in [-0.39, 0.29) is 17.6 Å². The third kappa shape index (κ3) is 4.46. The molecule has 1 aromatic rings. The number of ether oxygens (including phenoxy) is 2. The average molecular weight is 346 g/mol. The molecule has 0 radical (unpaired) electrons. The van der Waals surface area contributed by atoms with Gasteiger partial charge in [0.2, 0.25) is 0 Å². The molecule has 0 atom stereocenters. The molecule has 1 rings (SSSR count). The molecular formula is C10H10F3IO2. The summed E-state index contributed by atoms with van der Waals surface area (Å²) in [6.07, 6.45) is -4.92. The van der Waals surface area contributed by atoms with Crippen LogP contribution < -0.4 is 9.47 Å². The van der Waals surface area contributed by atoms with E-state index in [0.29, 0.717) is 0 Å². The Morgan fingerprint density at radius 1 is 1.19 bits per heavy atom. The molecule has 16 heavy (non-hydrogen) atoms. The van der Waals surface area contributed by atoms with Crippen molar-refractivity contribution in [2.75, 3.05) is 0 Å². The van der Waals surface area contributed by atoms with Gasteiger partial charge in [-0.15, -0.1) is 13.2 Å². The molecule has 0 spiro atoms. The molecule has 0 aromatic heterocycles. The van der Waals surface area contributed by atoms with Crippen molar-refractivity contribution in [3.05, 3.63) is 21.8 Å². The Bertz CT molecular complexity index is 364. The number of hydrogen-bond donors (Lipinski definition) is 0. The summed E-state index contributed by atoms with van der Waals surface area (Å²) in [5, 5.41) is 0. The van der Waals surface area contributed by atoms with Crippen LogP contribution in [0.5, 0.6) is 11.5 Å². The van der Waals surface area contributed by atoms with Crippen LogP contribution in [0, 0.1) is 3.57 Å². The summed E-state index contributed by atoms with van der Waals surface area (Å²) in [6, 6.07) is 4.27. The first-order valence-electron chi connectivity index (χ1n) is 4.50. The van der Waals surface area contributed by atoms with Crippen molar-refractivity contribution >= 4 is 22.6 Å². The highest BCUT2D eigenvalue weighted by molar-refractivity contribution is 14.1. The maximum absolute atomic E-state index is 12.1. The fourth-order valence-electron chi connectivity index (χ4n) is 1.04. The van der Waals surface area contributed by atoms with Crippen LogP contribution in [0.25, 0.3) is 0 Å². The molecular weight excluding hydrogens is 336 g/mol. The van der Waals surface area contributed by atoms with E-state index in [1.54, 1.807) is 13.8 Å². The van der Waals surface area contributed by atoms with E-state index in [9.17, 15) is 13.2 Å². The Kier molecular flexibility index (Phi) is 4.28. The summed E-state index contributed by atoms with van der Waals surface area (Å²) >= 11 is 1.99. The average Bonchev–Trinajstić information content (AvgIpc) is 2.06. The SMILES string of the molecule is CC(C)Oc1cc(I)ccc1OC(F)(F)F. The van der Waals surface area contributed by atoms with Crippen LogP contribution in [0.1, 0.15) is 13.8 Å². The Labute approximate surface area is 105 Å². The lowest BCUT2D eigenvalue weighted by atomic mass is 10.3. The number of halogens is 4. The summed E-state index contributed by atoms with van der Waals surface area (Å²) in [5.74, 6) is -0.221. The molecule has 0 unspecified atom stereocenters. The molecule has 0 amide bonds. The van der Waals surface area contributed by atoms with Crippen LogP contribution in [0.4, 0.5) is 13.2 Å². The van der Waals surface area contributed by atoms with Crippen molar-refractivity contribution in [2.24, 2.45) is 0 Å². The molecule has 2 nitrogen and oxygen atoms in total. The fourth-order valence-corrected chi connectivity index (χ4v) is 1.50. The number of rotatable bonds is 3. The van der Waals surface area contributed by atoms with E-state index in [0.717, 1.165) is 3.57 Å². The number of hydrogen-bond acceptors (Lipinski definition) is 2. The van der Waals surface area contributed by atoms with Crippen LogP contribution in [0.15, 0.2) is 18.2 Å². The minimum atomic E-state index is -4.71. The van der Waals surface area contributed by atoms with Gasteiger partial charge in [-0.2, -0.15) is 0 Å². The molecule has 0 aliphatic carbocycles. The first-order valence-corrected chi connectivity index (χ1v) is 5.58. The van der Waals surface area contributed by atoms with E-state index in [2.05, 4.69) is 4.74 Å². The summed E-state index contributed by atoms with van der Waals surface area (Å²) in [4.78, 5) is 0. The molecule has 0 aliphatic heterocycles. The fraction of sp³-hybridized carbons (Fsp3) is 0.400. The van der Waals surface area contributed by atoms with Crippen molar-refractivity contribution in [1.82, 2.24) is 0 Å². The Morgan fingerprint density at radius 3 is 2.31 bits per heavy atom. The van der Waals surface area contributed by atoms with E-state index in [1.165, 1.54) is 18.2 Å². The van der Waals surface area contributed by atoms with Crippen molar-refractivity contribution in [3.63, 3.8) is 0 Å². The zero-order valence-corrected chi connectivity index (χ0v) is 10.8. The molecule has 0 fully saturated rings. The third-order valence-electron chi connectivity index (χ3n) is 1.49. The topological polar surface area (TPSA) is 18.5 Å². The lowest BCUT2D eigenvalue weighted by Crippen LogP contribution is -2.18. The molecule has 6 heteroatoms. The quantitative estimate of drug-likeness (QED) is 0.771. The summed E-state index contributed by atoms with van der Waals surface area (Å²) in [7, 11) is 0. The Hall–Kier alpha value is -0.660. The maximum atomic E-state index is 12.1. The highest BCUT2D eigenvalue weighted by atomic mass is 127. The molecule has 1 aromatic carbocycles. The molecule has 90 valence electrons. The van der Waals surface area contributed by atoms with Crippen molar-refractivity contribution in [3.8, 4) is 11.5 Å². The van der Waals surface area contributed by atoms with Gasteiger partial charge in [0.25, 0.3) is 0 Å². The monoisotopic (exact) mass is 346 g/mol. The van der Waals surface area contributed by atoms with Gasteiger partial charge < -0.3 is 9.47 Å². The van der Waals surface area contributed by atoms with Crippen LogP contribution in [-0.2, 0) is 0 Å². The van der Waals surface area contributed by atoms with Crippen LogP contribution in [0.3, 0.4) is 0 Å². The van der Waals surface area contributed by atoms with Crippen molar-refractivity contribution in [1.29, 1.82) is 0 Å². The zero-order chi connectivity index (χ0) is 12.3. The second-order valence-electron chi connectivity index (χ2n) is 3.31. The van der Waals surface area contributed by atoms with Gasteiger partial charge in [-0.05, 0) is 54.6 Å². The standard InChI is InChI=1S/C10H10F3IO2/c1-6(2)15-9-5-7(14)3-4-8(9)16-10(11,12)13/h3-6H,1-2H3. The van der Waals surface area contributed by atoms with Gasteiger partial charge >= 0.3 is 6.36 Å². The third-order valence-corrected chi connectivity index (χ3v) is 2.17. The maximum Gasteiger partial charge on any atom is 0.573 e.